The molecule has 2 saturated heterocycles. The number of piperidine rings is 1. The molecular formula is C25H34N4O2. The molecule has 0 spiro atoms. The van der Waals surface area contributed by atoms with Gasteiger partial charge in [0.1, 0.15) is 0 Å². The fraction of sp³-hybridized carbons (Fsp3) is 0.520. The lowest BCUT2D eigenvalue weighted by Gasteiger charge is -2.43. The first kappa shape index (κ1) is 21.8. The van der Waals surface area contributed by atoms with Crippen LogP contribution in [0.2, 0.25) is 0 Å². The average Bonchev–Trinajstić information content (AvgIpc) is 2.82. The first-order valence-corrected chi connectivity index (χ1v) is 11.6. The second-order valence-corrected chi connectivity index (χ2v) is 8.59. The van der Waals surface area contributed by atoms with Crippen LogP contribution in [0.3, 0.4) is 0 Å². The summed E-state index contributed by atoms with van der Waals surface area (Å²) in [6.45, 7) is 5.12. The van der Waals surface area contributed by atoms with Gasteiger partial charge in [0.25, 0.3) is 0 Å². The highest BCUT2D eigenvalue weighted by molar-refractivity contribution is 5.75. The Morgan fingerprint density at radius 3 is 2.42 bits per heavy atom. The van der Waals surface area contributed by atoms with Crippen molar-refractivity contribution in [2.75, 3.05) is 32.8 Å². The summed E-state index contributed by atoms with van der Waals surface area (Å²) >= 11 is 0. The van der Waals surface area contributed by atoms with Gasteiger partial charge in [-0.25, -0.2) is 4.79 Å². The summed E-state index contributed by atoms with van der Waals surface area (Å²) in [5, 5.41) is 3.20. The van der Waals surface area contributed by atoms with Gasteiger partial charge in [-0.2, -0.15) is 0 Å². The second kappa shape index (κ2) is 11.3. The van der Waals surface area contributed by atoms with E-state index in [1.165, 1.54) is 11.1 Å². The molecule has 2 fully saturated rings. The minimum absolute atomic E-state index is 0.0912. The predicted molar refractivity (Wildman–Crippen MR) is 122 cm³/mol. The average molecular weight is 423 g/mol. The van der Waals surface area contributed by atoms with Crippen molar-refractivity contribution in [1.29, 1.82) is 0 Å². The van der Waals surface area contributed by atoms with Crippen LogP contribution in [-0.2, 0) is 17.7 Å². The number of amides is 2. The van der Waals surface area contributed by atoms with Crippen LogP contribution in [0, 0.1) is 0 Å². The zero-order chi connectivity index (χ0) is 21.3. The second-order valence-electron chi connectivity index (χ2n) is 8.59. The summed E-state index contributed by atoms with van der Waals surface area (Å²) < 4.78 is 5.57. The van der Waals surface area contributed by atoms with Crippen LogP contribution in [0.15, 0.2) is 54.9 Å². The Labute approximate surface area is 185 Å². The minimum Gasteiger partial charge on any atom is -0.381 e. The van der Waals surface area contributed by atoms with E-state index in [1.807, 2.05) is 36.7 Å². The number of nitrogens with zero attached hydrogens (tertiary/aromatic N) is 3. The van der Waals surface area contributed by atoms with Crippen LogP contribution in [0.25, 0.3) is 0 Å². The molecule has 2 aliphatic heterocycles. The standard InChI is InChI=1S/C25H34N4O2/c30-25(27-14-8-21-5-2-1-3-6-21)29(24-11-17-31-18-12-24)23-9-15-28(16-10-23)20-22-7-4-13-26-19-22/h1-7,13,19,23-24H,8-12,14-18,20H2,(H,27,30). The zero-order valence-corrected chi connectivity index (χ0v) is 18.3. The Bertz CT molecular complexity index is 788. The summed E-state index contributed by atoms with van der Waals surface area (Å²) in [6, 6.07) is 15.1. The molecule has 31 heavy (non-hydrogen) atoms. The van der Waals surface area contributed by atoms with Crippen molar-refractivity contribution in [1.82, 2.24) is 20.1 Å². The highest BCUT2D eigenvalue weighted by atomic mass is 16.5. The molecule has 0 atom stereocenters. The molecule has 0 saturated carbocycles. The van der Waals surface area contributed by atoms with Crippen molar-refractivity contribution in [3.63, 3.8) is 0 Å². The molecule has 2 amide bonds. The highest BCUT2D eigenvalue weighted by Gasteiger charge is 2.34. The zero-order valence-electron chi connectivity index (χ0n) is 18.3. The quantitative estimate of drug-likeness (QED) is 0.742. The van der Waals surface area contributed by atoms with Gasteiger partial charge in [-0.05, 0) is 49.3 Å². The lowest BCUT2D eigenvalue weighted by molar-refractivity contribution is 0.0204. The van der Waals surface area contributed by atoms with Crippen molar-refractivity contribution in [2.24, 2.45) is 0 Å². The third-order valence-electron chi connectivity index (χ3n) is 6.43. The molecule has 1 aromatic heterocycles. The van der Waals surface area contributed by atoms with E-state index in [9.17, 15) is 4.79 Å². The van der Waals surface area contributed by atoms with Crippen molar-refractivity contribution in [2.45, 2.75) is 50.7 Å². The molecule has 2 aliphatic rings. The maximum atomic E-state index is 13.3. The lowest BCUT2D eigenvalue weighted by Crippen LogP contribution is -2.56. The third-order valence-corrected chi connectivity index (χ3v) is 6.43. The summed E-state index contributed by atoms with van der Waals surface area (Å²) in [7, 11) is 0. The molecule has 6 nitrogen and oxygen atoms in total. The smallest absolute Gasteiger partial charge is 0.317 e. The molecule has 4 rings (SSSR count). The van der Waals surface area contributed by atoms with E-state index in [2.05, 4.69) is 38.3 Å². The maximum absolute atomic E-state index is 13.3. The van der Waals surface area contributed by atoms with E-state index in [-0.39, 0.29) is 12.1 Å². The van der Waals surface area contributed by atoms with Gasteiger partial charge in [0.05, 0.1) is 0 Å². The van der Waals surface area contributed by atoms with Gasteiger partial charge in [0.2, 0.25) is 0 Å². The lowest BCUT2D eigenvalue weighted by atomic mass is 9.98. The number of nitrogens with one attached hydrogen (secondary N) is 1. The van der Waals surface area contributed by atoms with Gasteiger partial charge in [-0.3, -0.25) is 9.88 Å². The van der Waals surface area contributed by atoms with Crippen LogP contribution in [0.1, 0.15) is 36.8 Å². The first-order chi connectivity index (χ1) is 15.3. The summed E-state index contributed by atoms with van der Waals surface area (Å²) in [5.41, 5.74) is 2.50. The van der Waals surface area contributed by atoms with Crippen LogP contribution in [0.5, 0.6) is 0 Å². The third kappa shape index (κ3) is 6.28. The number of hydrogen-bond acceptors (Lipinski definition) is 4. The van der Waals surface area contributed by atoms with Crippen LogP contribution >= 0.6 is 0 Å². The fourth-order valence-corrected chi connectivity index (χ4v) is 4.75. The molecule has 0 radical (unpaired) electrons. The van der Waals surface area contributed by atoms with E-state index in [4.69, 9.17) is 4.74 Å². The normalized spacial score (nSPS) is 18.6. The van der Waals surface area contributed by atoms with Gasteiger partial charge in [0, 0.05) is 63.9 Å². The van der Waals surface area contributed by atoms with E-state index in [1.54, 1.807) is 0 Å². The molecule has 1 aromatic carbocycles. The number of rotatable bonds is 7. The number of pyridine rings is 1. The van der Waals surface area contributed by atoms with Crippen LogP contribution in [0.4, 0.5) is 4.79 Å². The number of aromatic nitrogens is 1. The van der Waals surface area contributed by atoms with Gasteiger partial charge >= 0.3 is 6.03 Å². The van der Waals surface area contributed by atoms with E-state index >= 15 is 0 Å². The summed E-state index contributed by atoms with van der Waals surface area (Å²) in [6.07, 6.45) is 8.52. The molecule has 0 unspecified atom stereocenters. The molecule has 6 heteroatoms. The fourth-order valence-electron chi connectivity index (χ4n) is 4.75. The van der Waals surface area contributed by atoms with Gasteiger partial charge in [-0.15, -0.1) is 0 Å². The Kier molecular flexibility index (Phi) is 7.91. The molecule has 3 heterocycles. The van der Waals surface area contributed by atoms with E-state index < -0.39 is 0 Å². The molecule has 2 aromatic rings. The molecule has 0 aliphatic carbocycles. The number of hydrogen-bond donors (Lipinski definition) is 1. The van der Waals surface area contributed by atoms with Crippen molar-refractivity contribution in [3.8, 4) is 0 Å². The van der Waals surface area contributed by atoms with Gasteiger partial charge in [0.15, 0.2) is 0 Å². The minimum atomic E-state index is 0.0912. The highest BCUT2D eigenvalue weighted by Crippen LogP contribution is 2.24. The van der Waals surface area contributed by atoms with Crippen LogP contribution in [-0.4, -0.2) is 65.7 Å². The van der Waals surface area contributed by atoms with Crippen molar-refractivity contribution >= 4 is 6.03 Å². The Morgan fingerprint density at radius 2 is 1.71 bits per heavy atom. The number of benzene rings is 1. The number of carbonyl (C=O) groups is 1. The number of likely N-dealkylation sites (tertiary alicyclic amines) is 1. The van der Waals surface area contributed by atoms with Crippen LogP contribution < -0.4 is 5.32 Å². The van der Waals surface area contributed by atoms with Gasteiger partial charge in [-0.1, -0.05) is 36.4 Å². The Balaban J connectivity index is 1.33. The summed E-state index contributed by atoms with van der Waals surface area (Å²) in [4.78, 5) is 22.1. The number of ether oxygens (including phenoxy) is 1. The molecule has 1 N–H and O–H groups in total. The topological polar surface area (TPSA) is 57.7 Å². The summed E-state index contributed by atoms with van der Waals surface area (Å²) in [5.74, 6) is 0. The monoisotopic (exact) mass is 422 g/mol. The number of urea groups is 1. The maximum Gasteiger partial charge on any atom is 0.317 e. The molecule has 166 valence electrons. The van der Waals surface area contributed by atoms with Gasteiger partial charge < -0.3 is 15.0 Å². The molecule has 0 bridgehead atoms. The van der Waals surface area contributed by atoms with E-state index in [0.29, 0.717) is 12.6 Å². The van der Waals surface area contributed by atoms with Crippen molar-refractivity contribution in [3.05, 3.63) is 66.0 Å². The SMILES string of the molecule is O=C(NCCc1ccccc1)N(C1CCOCC1)C1CCN(Cc2cccnc2)CC1. The van der Waals surface area contributed by atoms with E-state index in [0.717, 1.165) is 65.0 Å². The first-order valence-electron chi connectivity index (χ1n) is 11.6. The molecular weight excluding hydrogens is 388 g/mol. The predicted octanol–water partition coefficient (Wildman–Crippen LogP) is 3.48. The van der Waals surface area contributed by atoms with Crippen molar-refractivity contribution < 1.29 is 9.53 Å². The number of carbonyl (C=O) groups excluding carboxylic acids is 1. The Hall–Kier alpha value is -2.44. The Morgan fingerprint density at radius 1 is 1.00 bits per heavy atom. The largest absolute Gasteiger partial charge is 0.381 e.